The van der Waals surface area contributed by atoms with E-state index in [1.54, 1.807) is 4.90 Å². The summed E-state index contributed by atoms with van der Waals surface area (Å²) < 4.78 is 0. The number of nitrogens with zero attached hydrogens (tertiary/aromatic N) is 4. The second kappa shape index (κ2) is 5.59. The van der Waals surface area contributed by atoms with E-state index in [2.05, 4.69) is 15.5 Å². The topological polar surface area (TPSA) is 97.2 Å². The normalized spacial score (nSPS) is 15.4. The van der Waals surface area contributed by atoms with E-state index in [0.717, 1.165) is 0 Å². The van der Waals surface area contributed by atoms with Crippen molar-refractivity contribution in [1.82, 2.24) is 19.9 Å². The molecule has 0 radical (unpaired) electrons. The molecule has 0 aliphatic carbocycles. The van der Waals surface area contributed by atoms with Crippen molar-refractivity contribution in [1.29, 1.82) is 0 Å². The maximum Gasteiger partial charge on any atom is 0.246 e. The Kier molecular flexibility index (Phi) is 3.88. The number of hydrogen-bond acceptors (Lipinski definition) is 5. The number of rotatable bonds is 3. The Hall–Kier alpha value is -2.25. The number of piperidine rings is 1. The van der Waals surface area contributed by atoms with E-state index in [4.69, 9.17) is 0 Å². The zero-order chi connectivity index (χ0) is 13.8. The minimum absolute atomic E-state index is 0.00771. The highest BCUT2D eigenvalue weighted by Crippen LogP contribution is 2.07. The first-order valence-corrected chi connectivity index (χ1v) is 6.02. The Morgan fingerprint density at radius 2 is 2.05 bits per heavy atom. The van der Waals surface area contributed by atoms with Gasteiger partial charge in [0, 0.05) is 32.9 Å². The molecule has 8 heteroatoms. The zero-order valence-corrected chi connectivity index (χ0v) is 10.6. The van der Waals surface area contributed by atoms with Crippen molar-refractivity contribution in [2.24, 2.45) is 0 Å². The van der Waals surface area contributed by atoms with Gasteiger partial charge in [0.25, 0.3) is 0 Å². The van der Waals surface area contributed by atoms with Gasteiger partial charge in [0.15, 0.2) is 5.82 Å². The molecule has 1 fully saturated rings. The molecule has 1 aromatic rings. The largest absolute Gasteiger partial charge is 0.340 e. The molecule has 8 nitrogen and oxygen atoms in total. The highest BCUT2D eigenvalue weighted by molar-refractivity contribution is 5.87. The first-order chi connectivity index (χ1) is 9.04. The lowest BCUT2D eigenvalue weighted by Gasteiger charge is -2.25. The molecule has 102 valence electrons. The van der Waals surface area contributed by atoms with E-state index in [9.17, 15) is 14.4 Å². The molecule has 2 amide bonds. The average Bonchev–Trinajstić information content (AvgIpc) is 2.76. The lowest BCUT2D eigenvalue weighted by atomic mass is 10.1. The van der Waals surface area contributed by atoms with Crippen LogP contribution in [0.1, 0.15) is 19.8 Å². The average molecular weight is 265 g/mol. The number of carbonyl (C=O) groups is 3. The van der Waals surface area contributed by atoms with Gasteiger partial charge in [-0.25, -0.2) is 0 Å². The van der Waals surface area contributed by atoms with Gasteiger partial charge in [-0.1, -0.05) is 0 Å². The molecular formula is C11H15N5O3. The highest BCUT2D eigenvalue weighted by Gasteiger charge is 2.21. The molecule has 2 rings (SSSR count). The predicted octanol–water partition coefficient (Wildman–Crippen LogP) is -0.572. The molecular weight excluding hydrogens is 250 g/mol. The van der Waals surface area contributed by atoms with Crippen LogP contribution in [0.5, 0.6) is 0 Å². The third-order valence-corrected chi connectivity index (χ3v) is 2.79. The summed E-state index contributed by atoms with van der Waals surface area (Å²) in [5.74, 6) is 0.133. The van der Waals surface area contributed by atoms with Crippen LogP contribution in [0.4, 0.5) is 5.82 Å². The molecule has 1 aromatic heterocycles. The summed E-state index contributed by atoms with van der Waals surface area (Å²) in [5, 5.41) is 10.3. The Labute approximate surface area is 109 Å². The molecule has 1 saturated heterocycles. The number of ketones is 1. The van der Waals surface area contributed by atoms with Crippen LogP contribution in [0.3, 0.4) is 0 Å². The Morgan fingerprint density at radius 1 is 1.37 bits per heavy atom. The van der Waals surface area contributed by atoms with Gasteiger partial charge in [0.1, 0.15) is 12.3 Å². The maximum atomic E-state index is 11.9. The molecule has 0 atom stereocenters. The summed E-state index contributed by atoms with van der Waals surface area (Å²) in [6.07, 6.45) is 2.21. The standard InChI is InChI=1S/C11H15N5O3/c1-8(17)13-10-6-12-16(14-10)7-11(19)15-4-2-9(18)3-5-15/h6H,2-5,7H2,1H3,(H,13,14,17). The molecule has 0 aromatic carbocycles. The number of likely N-dealkylation sites (tertiary alicyclic amines) is 1. The van der Waals surface area contributed by atoms with Gasteiger partial charge in [0.2, 0.25) is 11.8 Å². The number of Topliss-reactive ketones (excluding diaryl/α,β-unsaturated/α-hetero) is 1. The highest BCUT2D eigenvalue weighted by atomic mass is 16.2. The third kappa shape index (κ3) is 3.60. The molecule has 0 spiro atoms. The molecule has 0 bridgehead atoms. The maximum absolute atomic E-state index is 11.9. The molecule has 1 N–H and O–H groups in total. The number of amides is 2. The van der Waals surface area contributed by atoms with Gasteiger partial charge >= 0.3 is 0 Å². The van der Waals surface area contributed by atoms with Crippen molar-refractivity contribution in [3.05, 3.63) is 6.20 Å². The van der Waals surface area contributed by atoms with Crippen LogP contribution >= 0.6 is 0 Å². The van der Waals surface area contributed by atoms with Gasteiger partial charge in [0.05, 0.1) is 6.20 Å². The van der Waals surface area contributed by atoms with E-state index < -0.39 is 0 Å². The monoisotopic (exact) mass is 265 g/mol. The minimum Gasteiger partial charge on any atom is -0.340 e. The zero-order valence-electron chi connectivity index (χ0n) is 10.6. The van der Waals surface area contributed by atoms with Crippen molar-refractivity contribution in [3.8, 4) is 0 Å². The van der Waals surface area contributed by atoms with Crippen molar-refractivity contribution < 1.29 is 14.4 Å². The Morgan fingerprint density at radius 3 is 2.68 bits per heavy atom. The van der Waals surface area contributed by atoms with E-state index in [1.807, 2.05) is 0 Å². The van der Waals surface area contributed by atoms with Crippen LogP contribution in [0.25, 0.3) is 0 Å². The number of anilines is 1. The summed E-state index contributed by atoms with van der Waals surface area (Å²) in [6.45, 7) is 2.29. The lowest BCUT2D eigenvalue weighted by Crippen LogP contribution is -2.40. The number of nitrogens with one attached hydrogen (secondary N) is 1. The summed E-state index contributed by atoms with van der Waals surface area (Å²) in [4.78, 5) is 36.7. The number of aromatic nitrogens is 3. The molecule has 1 aliphatic rings. The van der Waals surface area contributed by atoms with Crippen LogP contribution in [0, 0.1) is 0 Å². The van der Waals surface area contributed by atoms with E-state index in [1.165, 1.54) is 17.9 Å². The lowest BCUT2D eigenvalue weighted by molar-refractivity contribution is -0.135. The van der Waals surface area contributed by atoms with Gasteiger partial charge in [-0.2, -0.15) is 9.90 Å². The van der Waals surface area contributed by atoms with Gasteiger partial charge in [-0.3, -0.25) is 14.4 Å². The van der Waals surface area contributed by atoms with Crippen molar-refractivity contribution in [2.45, 2.75) is 26.3 Å². The van der Waals surface area contributed by atoms with E-state index >= 15 is 0 Å². The second-order valence-electron chi connectivity index (χ2n) is 4.36. The van der Waals surface area contributed by atoms with Crippen LogP contribution in [-0.4, -0.2) is 50.6 Å². The fraction of sp³-hybridized carbons (Fsp3) is 0.545. The van der Waals surface area contributed by atoms with Gasteiger partial charge in [-0.05, 0) is 0 Å². The fourth-order valence-electron chi connectivity index (χ4n) is 1.84. The first kappa shape index (κ1) is 13.2. The van der Waals surface area contributed by atoms with Gasteiger partial charge in [-0.15, -0.1) is 5.10 Å². The molecule has 0 unspecified atom stereocenters. The minimum atomic E-state index is -0.243. The summed E-state index contributed by atoms with van der Waals surface area (Å²) in [5.41, 5.74) is 0. The van der Waals surface area contributed by atoms with Crippen molar-refractivity contribution in [3.63, 3.8) is 0 Å². The molecule has 2 heterocycles. The van der Waals surface area contributed by atoms with Crippen LogP contribution < -0.4 is 5.32 Å². The second-order valence-corrected chi connectivity index (χ2v) is 4.36. The van der Waals surface area contributed by atoms with Crippen LogP contribution in [0.15, 0.2) is 6.20 Å². The van der Waals surface area contributed by atoms with Crippen molar-refractivity contribution >= 4 is 23.4 Å². The summed E-state index contributed by atoms with van der Waals surface area (Å²) in [7, 11) is 0. The molecule has 0 saturated carbocycles. The number of carbonyl (C=O) groups excluding carboxylic acids is 3. The van der Waals surface area contributed by atoms with Crippen LogP contribution in [-0.2, 0) is 20.9 Å². The number of hydrogen-bond donors (Lipinski definition) is 1. The summed E-state index contributed by atoms with van der Waals surface area (Å²) >= 11 is 0. The SMILES string of the molecule is CC(=O)Nc1cnn(CC(=O)N2CCC(=O)CC2)n1. The summed E-state index contributed by atoms with van der Waals surface area (Å²) in [6, 6.07) is 0. The fourth-order valence-corrected chi connectivity index (χ4v) is 1.84. The smallest absolute Gasteiger partial charge is 0.246 e. The molecule has 1 aliphatic heterocycles. The van der Waals surface area contributed by atoms with Crippen molar-refractivity contribution in [2.75, 3.05) is 18.4 Å². The first-order valence-electron chi connectivity index (χ1n) is 6.02. The van der Waals surface area contributed by atoms with Gasteiger partial charge < -0.3 is 10.2 Å². The van der Waals surface area contributed by atoms with Crippen LogP contribution in [0.2, 0.25) is 0 Å². The predicted molar refractivity (Wildman–Crippen MR) is 65.1 cm³/mol. The quantitative estimate of drug-likeness (QED) is 0.789. The van der Waals surface area contributed by atoms with E-state index in [0.29, 0.717) is 31.7 Å². The molecule has 19 heavy (non-hydrogen) atoms. The van der Waals surface area contributed by atoms with E-state index in [-0.39, 0.29) is 24.1 Å². The Bertz CT molecular complexity index is 500. The Balaban J connectivity index is 1.89. The third-order valence-electron chi connectivity index (χ3n) is 2.79.